The second kappa shape index (κ2) is 8.20. The molecule has 2 aromatic heterocycles. The Hall–Kier alpha value is -3.94. The second-order valence-electron chi connectivity index (χ2n) is 6.22. The maximum Gasteiger partial charge on any atom is 0.434 e. The van der Waals surface area contributed by atoms with Gasteiger partial charge in [0.05, 0.1) is 30.5 Å². The quantitative estimate of drug-likeness (QED) is 0.635. The zero-order chi connectivity index (χ0) is 21.9. The van der Waals surface area contributed by atoms with Crippen molar-refractivity contribution < 1.29 is 22.7 Å². The lowest BCUT2D eigenvalue weighted by Crippen LogP contribution is -2.28. The van der Waals surface area contributed by atoms with Crippen molar-refractivity contribution in [2.45, 2.75) is 12.7 Å². The first-order chi connectivity index (χ1) is 14.2. The van der Waals surface area contributed by atoms with Crippen molar-refractivity contribution in [3.63, 3.8) is 0 Å². The van der Waals surface area contributed by atoms with E-state index in [4.69, 9.17) is 10.00 Å². The largest absolute Gasteiger partial charge is 0.480 e. The molecule has 3 rings (SSSR count). The number of nitriles is 1. The molecule has 0 saturated carbocycles. The summed E-state index contributed by atoms with van der Waals surface area (Å²) in [5.41, 5.74) is -0.897. The molecule has 3 aromatic rings. The highest BCUT2D eigenvalue weighted by atomic mass is 19.4. The van der Waals surface area contributed by atoms with Crippen LogP contribution in [0.3, 0.4) is 0 Å². The van der Waals surface area contributed by atoms with E-state index in [1.54, 1.807) is 24.3 Å². The van der Waals surface area contributed by atoms with E-state index in [1.165, 1.54) is 26.3 Å². The minimum Gasteiger partial charge on any atom is -0.480 e. The van der Waals surface area contributed by atoms with Gasteiger partial charge in [-0.25, -0.2) is 4.68 Å². The Balaban J connectivity index is 1.95. The monoisotopic (exact) mass is 416 g/mol. The van der Waals surface area contributed by atoms with E-state index in [1.807, 2.05) is 6.07 Å². The molecule has 0 unspecified atom stereocenters. The van der Waals surface area contributed by atoms with Crippen molar-refractivity contribution in [3.8, 4) is 17.8 Å². The molecule has 0 aliphatic rings. The van der Waals surface area contributed by atoms with E-state index < -0.39 is 23.3 Å². The summed E-state index contributed by atoms with van der Waals surface area (Å²) in [6.07, 6.45) is -4.02. The summed E-state index contributed by atoms with van der Waals surface area (Å²) in [7, 11) is 2.71. The predicted molar refractivity (Wildman–Crippen MR) is 97.7 cm³/mol. The summed E-state index contributed by atoms with van der Waals surface area (Å²) < 4.78 is 46.7. The van der Waals surface area contributed by atoms with Crippen LogP contribution >= 0.6 is 0 Å². The smallest absolute Gasteiger partial charge is 0.434 e. The standard InChI is InChI=1S/C19H15F3N6O2/c1-27(11-13-5-3-4-12(8-13)9-23)18(29)14-10-24-28(17(14)19(20,21)22)15-6-7-16(30-2)26-25-15/h3-8,10H,11H2,1-2H3. The van der Waals surface area contributed by atoms with Gasteiger partial charge in [-0.15, -0.1) is 10.2 Å². The number of methoxy groups -OCH3 is 1. The topological polar surface area (TPSA) is 96.9 Å². The zero-order valence-electron chi connectivity index (χ0n) is 15.9. The van der Waals surface area contributed by atoms with Gasteiger partial charge in [0.2, 0.25) is 5.88 Å². The van der Waals surface area contributed by atoms with Gasteiger partial charge >= 0.3 is 6.18 Å². The number of carbonyl (C=O) groups excluding carboxylic acids is 1. The number of benzene rings is 1. The molecule has 8 nitrogen and oxygen atoms in total. The van der Waals surface area contributed by atoms with Crippen molar-refractivity contribution in [1.29, 1.82) is 5.26 Å². The van der Waals surface area contributed by atoms with Gasteiger partial charge < -0.3 is 9.64 Å². The van der Waals surface area contributed by atoms with Crippen LogP contribution in [-0.4, -0.2) is 44.9 Å². The summed E-state index contributed by atoms with van der Waals surface area (Å²) in [6, 6.07) is 11.0. The minimum atomic E-state index is -4.87. The summed E-state index contributed by atoms with van der Waals surface area (Å²) in [5.74, 6) is -0.973. The van der Waals surface area contributed by atoms with Gasteiger partial charge in [0.15, 0.2) is 11.5 Å². The zero-order valence-corrected chi connectivity index (χ0v) is 15.9. The van der Waals surface area contributed by atoms with Gasteiger partial charge in [0.1, 0.15) is 0 Å². The summed E-state index contributed by atoms with van der Waals surface area (Å²) in [4.78, 5) is 13.9. The van der Waals surface area contributed by atoms with Gasteiger partial charge in [-0.3, -0.25) is 4.79 Å². The van der Waals surface area contributed by atoms with Crippen molar-refractivity contribution >= 4 is 5.91 Å². The first-order valence-corrected chi connectivity index (χ1v) is 8.52. The van der Waals surface area contributed by atoms with Crippen LogP contribution in [0.1, 0.15) is 27.2 Å². The molecule has 0 aliphatic heterocycles. The van der Waals surface area contributed by atoms with Crippen LogP contribution in [0, 0.1) is 11.3 Å². The molecule has 1 amide bonds. The van der Waals surface area contributed by atoms with Gasteiger partial charge in [0, 0.05) is 19.7 Å². The fraction of sp³-hybridized carbons (Fsp3) is 0.211. The number of hydrogen-bond donors (Lipinski definition) is 0. The van der Waals surface area contributed by atoms with Crippen molar-refractivity contribution in [3.05, 3.63) is 65.0 Å². The maximum absolute atomic E-state index is 13.8. The van der Waals surface area contributed by atoms with Crippen LogP contribution in [-0.2, 0) is 12.7 Å². The number of hydrogen-bond acceptors (Lipinski definition) is 6. The Labute approximate surface area is 169 Å². The molecule has 0 N–H and O–H groups in total. The average Bonchev–Trinajstić information content (AvgIpc) is 3.19. The molecular weight excluding hydrogens is 401 g/mol. The fourth-order valence-electron chi connectivity index (χ4n) is 2.78. The van der Waals surface area contributed by atoms with Gasteiger partial charge in [0.25, 0.3) is 5.91 Å². The van der Waals surface area contributed by atoms with Crippen molar-refractivity contribution in [1.82, 2.24) is 24.9 Å². The van der Waals surface area contributed by atoms with Gasteiger partial charge in [-0.1, -0.05) is 12.1 Å². The Morgan fingerprint density at radius 2 is 2.03 bits per heavy atom. The molecule has 11 heteroatoms. The number of rotatable bonds is 5. The van der Waals surface area contributed by atoms with Crippen LogP contribution in [0.5, 0.6) is 5.88 Å². The molecular formula is C19H15F3N6O2. The highest BCUT2D eigenvalue weighted by molar-refractivity contribution is 5.95. The third-order valence-corrected chi connectivity index (χ3v) is 4.14. The third kappa shape index (κ3) is 4.22. The van der Waals surface area contributed by atoms with E-state index in [-0.39, 0.29) is 18.2 Å². The summed E-state index contributed by atoms with van der Waals surface area (Å²) >= 11 is 0. The molecule has 1 aromatic carbocycles. The van der Waals surface area contributed by atoms with Crippen LogP contribution in [0.15, 0.2) is 42.6 Å². The first-order valence-electron chi connectivity index (χ1n) is 8.52. The molecule has 0 atom stereocenters. The molecule has 0 saturated heterocycles. The van der Waals surface area contributed by atoms with Crippen LogP contribution in [0.2, 0.25) is 0 Å². The van der Waals surface area contributed by atoms with Gasteiger partial charge in [-0.05, 0) is 23.8 Å². The molecule has 0 fully saturated rings. The summed E-state index contributed by atoms with van der Waals surface area (Å²) in [5, 5.41) is 20.0. The summed E-state index contributed by atoms with van der Waals surface area (Å²) in [6.45, 7) is 0.0131. The number of alkyl halides is 3. The van der Waals surface area contributed by atoms with Crippen LogP contribution < -0.4 is 4.74 Å². The number of nitrogens with zero attached hydrogens (tertiary/aromatic N) is 6. The Kier molecular flexibility index (Phi) is 5.68. The Morgan fingerprint density at radius 1 is 1.27 bits per heavy atom. The van der Waals surface area contributed by atoms with E-state index in [0.29, 0.717) is 15.8 Å². The number of carbonyl (C=O) groups is 1. The normalized spacial score (nSPS) is 11.1. The molecule has 154 valence electrons. The molecule has 0 radical (unpaired) electrons. The van der Waals surface area contributed by atoms with Crippen LogP contribution in [0.25, 0.3) is 5.82 Å². The van der Waals surface area contributed by atoms with Crippen molar-refractivity contribution in [2.24, 2.45) is 0 Å². The average molecular weight is 416 g/mol. The lowest BCUT2D eigenvalue weighted by atomic mass is 10.1. The van der Waals surface area contributed by atoms with Gasteiger partial charge in [-0.2, -0.15) is 23.5 Å². The number of halogens is 3. The molecule has 30 heavy (non-hydrogen) atoms. The first kappa shape index (κ1) is 20.8. The van der Waals surface area contributed by atoms with E-state index in [9.17, 15) is 18.0 Å². The molecule has 2 heterocycles. The highest BCUT2D eigenvalue weighted by Crippen LogP contribution is 2.34. The fourth-order valence-corrected chi connectivity index (χ4v) is 2.78. The van der Waals surface area contributed by atoms with E-state index >= 15 is 0 Å². The van der Waals surface area contributed by atoms with Crippen LogP contribution in [0.4, 0.5) is 13.2 Å². The number of ether oxygens (including phenoxy) is 1. The molecule has 0 aliphatic carbocycles. The maximum atomic E-state index is 13.8. The number of amides is 1. The Morgan fingerprint density at radius 3 is 2.63 bits per heavy atom. The SMILES string of the molecule is COc1ccc(-n2ncc(C(=O)N(C)Cc3cccc(C#N)c3)c2C(F)(F)F)nn1. The predicted octanol–water partition coefficient (Wildman–Crippen LogP) is 2.83. The molecule has 0 spiro atoms. The third-order valence-electron chi connectivity index (χ3n) is 4.14. The highest BCUT2D eigenvalue weighted by Gasteiger charge is 2.41. The Bertz CT molecular complexity index is 1100. The second-order valence-corrected chi connectivity index (χ2v) is 6.22. The lowest BCUT2D eigenvalue weighted by molar-refractivity contribution is -0.143. The molecule has 0 bridgehead atoms. The lowest BCUT2D eigenvalue weighted by Gasteiger charge is -2.18. The minimum absolute atomic E-state index is 0.0131. The van der Waals surface area contributed by atoms with Crippen molar-refractivity contribution in [2.75, 3.05) is 14.2 Å². The van der Waals surface area contributed by atoms with E-state index in [2.05, 4.69) is 15.3 Å². The van der Waals surface area contributed by atoms with E-state index in [0.717, 1.165) is 11.1 Å². The number of aromatic nitrogens is 4.